The first kappa shape index (κ1) is 16.4. The summed E-state index contributed by atoms with van der Waals surface area (Å²) >= 11 is 0. The molecule has 0 aromatic heterocycles. The number of carbonyl (C=O) groups excluding carboxylic acids is 2. The van der Waals surface area contributed by atoms with Crippen LogP contribution in [0.25, 0.3) is 0 Å². The van der Waals surface area contributed by atoms with Crippen molar-refractivity contribution in [3.05, 3.63) is 63.7 Å². The van der Waals surface area contributed by atoms with E-state index in [-0.39, 0.29) is 42.8 Å². The summed E-state index contributed by atoms with van der Waals surface area (Å²) in [4.78, 5) is 34.4. The lowest BCUT2D eigenvalue weighted by atomic mass is 10.1. The molecule has 8 nitrogen and oxygen atoms in total. The number of rotatable bonds is 1. The van der Waals surface area contributed by atoms with E-state index in [1.807, 2.05) is 0 Å². The van der Waals surface area contributed by atoms with E-state index in [4.69, 9.17) is 4.74 Å². The molecule has 2 aromatic rings. The highest BCUT2D eigenvalue weighted by atomic mass is 16.6. The molecule has 0 fully saturated rings. The molecule has 8 heteroatoms. The quantitative estimate of drug-likeness (QED) is 0.605. The smallest absolute Gasteiger partial charge is 0.311 e. The van der Waals surface area contributed by atoms with Gasteiger partial charge in [0.05, 0.1) is 17.9 Å². The van der Waals surface area contributed by atoms with Crippen LogP contribution in [0, 0.1) is 10.1 Å². The topological polar surface area (TPSA) is 111 Å². The molecular formula is C17H15N3O5. The average Bonchev–Trinajstić information content (AvgIpc) is 2.58. The monoisotopic (exact) mass is 341 g/mol. The molecule has 1 aliphatic rings. The van der Waals surface area contributed by atoms with Gasteiger partial charge in [-0.1, -0.05) is 18.2 Å². The van der Waals surface area contributed by atoms with Gasteiger partial charge in [0.2, 0.25) is 17.6 Å². The van der Waals surface area contributed by atoms with Crippen molar-refractivity contribution in [2.45, 2.75) is 13.0 Å². The molecule has 0 unspecified atom stereocenters. The van der Waals surface area contributed by atoms with Crippen LogP contribution in [0.1, 0.15) is 11.1 Å². The Bertz CT molecular complexity index is 850. The number of carbonyl (C=O) groups is 2. The molecule has 1 aliphatic heterocycles. The molecule has 0 spiro atoms. The van der Waals surface area contributed by atoms with E-state index in [0.717, 1.165) is 5.56 Å². The highest BCUT2D eigenvalue weighted by Gasteiger charge is 2.18. The number of ether oxygens (including phenoxy) is 1. The maximum atomic E-state index is 11.9. The second kappa shape index (κ2) is 7.00. The number of nitro benzene ring substituents is 1. The second-order valence-electron chi connectivity index (χ2n) is 5.54. The summed E-state index contributed by atoms with van der Waals surface area (Å²) in [5.41, 5.74) is 1.13. The Labute approximate surface area is 142 Å². The fourth-order valence-electron chi connectivity index (χ4n) is 2.44. The van der Waals surface area contributed by atoms with Gasteiger partial charge in [0, 0.05) is 12.6 Å². The maximum Gasteiger partial charge on any atom is 0.311 e. The van der Waals surface area contributed by atoms with E-state index in [0.29, 0.717) is 11.3 Å². The minimum absolute atomic E-state index is 0.0122. The number of nitrogens with zero attached hydrogens (tertiary/aromatic N) is 1. The van der Waals surface area contributed by atoms with Crippen LogP contribution in [0.3, 0.4) is 0 Å². The molecule has 0 saturated carbocycles. The minimum atomic E-state index is -0.535. The van der Waals surface area contributed by atoms with Crippen LogP contribution in [-0.4, -0.2) is 23.3 Å². The van der Waals surface area contributed by atoms with Crippen molar-refractivity contribution < 1.29 is 19.2 Å². The molecule has 2 N–H and O–H groups in total. The summed E-state index contributed by atoms with van der Waals surface area (Å²) in [6.07, 6.45) is -0.0122. The Balaban J connectivity index is 2.01. The van der Waals surface area contributed by atoms with Gasteiger partial charge in [-0.05, 0) is 29.3 Å². The summed E-state index contributed by atoms with van der Waals surface area (Å²) in [7, 11) is 0. The second-order valence-corrected chi connectivity index (χ2v) is 5.54. The van der Waals surface area contributed by atoms with E-state index in [2.05, 4.69) is 10.6 Å². The van der Waals surface area contributed by atoms with Gasteiger partial charge in [-0.3, -0.25) is 19.7 Å². The van der Waals surface area contributed by atoms with Crippen molar-refractivity contribution in [2.24, 2.45) is 0 Å². The van der Waals surface area contributed by atoms with Crippen LogP contribution < -0.4 is 15.4 Å². The molecular weight excluding hydrogens is 326 g/mol. The minimum Gasteiger partial charge on any atom is -0.450 e. The summed E-state index contributed by atoms with van der Waals surface area (Å²) in [6, 6.07) is 11.2. The fourth-order valence-corrected chi connectivity index (χ4v) is 2.44. The summed E-state index contributed by atoms with van der Waals surface area (Å²) in [5, 5.41) is 16.4. The van der Waals surface area contributed by atoms with Crippen molar-refractivity contribution in [3.8, 4) is 11.5 Å². The van der Waals surface area contributed by atoms with Crippen LogP contribution in [0.2, 0.25) is 0 Å². The third kappa shape index (κ3) is 4.11. The Kier molecular flexibility index (Phi) is 4.60. The molecule has 2 amide bonds. The Morgan fingerprint density at radius 1 is 0.960 bits per heavy atom. The van der Waals surface area contributed by atoms with Crippen LogP contribution in [-0.2, 0) is 22.6 Å². The van der Waals surface area contributed by atoms with Crippen molar-refractivity contribution in [2.75, 3.05) is 6.54 Å². The number of nitro groups is 1. The van der Waals surface area contributed by atoms with E-state index >= 15 is 0 Å². The van der Waals surface area contributed by atoms with Gasteiger partial charge in [-0.25, -0.2) is 0 Å². The fraction of sp³-hybridized carbons (Fsp3) is 0.176. The molecule has 3 rings (SSSR count). The van der Waals surface area contributed by atoms with Gasteiger partial charge in [-0.2, -0.15) is 0 Å². The zero-order chi connectivity index (χ0) is 17.8. The first-order chi connectivity index (χ1) is 12.0. The predicted octanol–water partition coefficient (Wildman–Crippen LogP) is 1.68. The number of hydrogen-bond acceptors (Lipinski definition) is 5. The summed E-state index contributed by atoms with van der Waals surface area (Å²) < 4.78 is 5.67. The van der Waals surface area contributed by atoms with E-state index < -0.39 is 4.92 Å². The summed E-state index contributed by atoms with van der Waals surface area (Å²) in [6.45, 7) is 0.128. The molecule has 4 bridgehead atoms. The van der Waals surface area contributed by atoms with Crippen LogP contribution in [0.4, 0.5) is 5.69 Å². The Hall–Kier alpha value is -3.42. The molecule has 25 heavy (non-hydrogen) atoms. The highest BCUT2D eigenvalue weighted by molar-refractivity contribution is 5.85. The Morgan fingerprint density at radius 3 is 2.56 bits per heavy atom. The van der Waals surface area contributed by atoms with Gasteiger partial charge >= 0.3 is 5.69 Å². The van der Waals surface area contributed by atoms with Gasteiger partial charge in [0.1, 0.15) is 5.75 Å². The Morgan fingerprint density at radius 2 is 1.76 bits per heavy atom. The van der Waals surface area contributed by atoms with Crippen molar-refractivity contribution in [1.82, 2.24) is 10.6 Å². The van der Waals surface area contributed by atoms with Gasteiger partial charge < -0.3 is 15.4 Å². The number of hydrogen-bond donors (Lipinski definition) is 2. The van der Waals surface area contributed by atoms with E-state index in [9.17, 15) is 19.7 Å². The van der Waals surface area contributed by atoms with Crippen molar-refractivity contribution in [3.63, 3.8) is 0 Å². The van der Waals surface area contributed by atoms with Crippen LogP contribution >= 0.6 is 0 Å². The normalized spacial score (nSPS) is 14.6. The standard InChI is InChI=1S/C17H15N3O5/c21-16-8-11-4-5-14(20(23)24)15(7-11)25-13-3-1-2-12(6-13)9-18-17(22)10-19-16/h1-7H,8-10H2,(H,18,22)(H,19,21). The highest BCUT2D eigenvalue weighted by Crippen LogP contribution is 2.32. The first-order valence-electron chi connectivity index (χ1n) is 7.59. The predicted molar refractivity (Wildman–Crippen MR) is 88.2 cm³/mol. The molecule has 128 valence electrons. The third-order valence-corrected chi connectivity index (χ3v) is 3.65. The first-order valence-corrected chi connectivity index (χ1v) is 7.59. The number of benzene rings is 2. The molecule has 0 radical (unpaired) electrons. The molecule has 0 aliphatic carbocycles. The average molecular weight is 341 g/mol. The van der Waals surface area contributed by atoms with Crippen LogP contribution in [0.15, 0.2) is 42.5 Å². The molecule has 1 heterocycles. The molecule has 0 atom stereocenters. The lowest BCUT2D eigenvalue weighted by molar-refractivity contribution is -0.385. The zero-order valence-electron chi connectivity index (χ0n) is 13.2. The lowest BCUT2D eigenvalue weighted by Crippen LogP contribution is -2.37. The maximum absolute atomic E-state index is 11.9. The number of nitrogens with one attached hydrogen (secondary N) is 2. The summed E-state index contributed by atoms with van der Waals surface area (Å²) in [5.74, 6) is -0.186. The lowest BCUT2D eigenvalue weighted by Gasteiger charge is -2.12. The van der Waals surface area contributed by atoms with Crippen molar-refractivity contribution >= 4 is 17.5 Å². The zero-order valence-corrected chi connectivity index (χ0v) is 13.2. The van der Waals surface area contributed by atoms with E-state index in [1.54, 1.807) is 24.3 Å². The van der Waals surface area contributed by atoms with Crippen molar-refractivity contribution in [1.29, 1.82) is 0 Å². The van der Waals surface area contributed by atoms with Gasteiger partial charge in [-0.15, -0.1) is 0 Å². The van der Waals surface area contributed by atoms with Gasteiger partial charge in [0.15, 0.2) is 0 Å². The van der Waals surface area contributed by atoms with Gasteiger partial charge in [0.25, 0.3) is 0 Å². The number of amides is 2. The van der Waals surface area contributed by atoms with Crippen LogP contribution in [0.5, 0.6) is 11.5 Å². The molecule has 2 aromatic carbocycles. The SMILES string of the molecule is O=C1CNC(=O)Cc2ccc([N+](=O)[O-])c(c2)Oc2cccc(c2)CN1. The van der Waals surface area contributed by atoms with E-state index in [1.165, 1.54) is 18.2 Å². The molecule has 0 saturated heterocycles. The largest absolute Gasteiger partial charge is 0.450 e. The third-order valence-electron chi connectivity index (χ3n) is 3.65. The number of fused-ring (bicyclic) bond motifs is 4.